The molecule has 2 nitrogen and oxygen atoms in total. The molecule has 0 aromatic rings. The first-order chi connectivity index (χ1) is 4.13. The van der Waals surface area contributed by atoms with E-state index in [1.165, 1.54) is 4.90 Å². The van der Waals surface area contributed by atoms with Gasteiger partial charge in [0.25, 0.3) is 5.91 Å². The highest BCUT2D eigenvalue weighted by atomic mass is 16.2. The van der Waals surface area contributed by atoms with Crippen molar-refractivity contribution in [3.05, 3.63) is 23.9 Å². The molecule has 0 radical (unpaired) electrons. The highest BCUT2D eigenvalue weighted by Gasteiger charge is 2.18. The van der Waals surface area contributed by atoms with Gasteiger partial charge >= 0.3 is 0 Å². The molecule has 0 aliphatic carbocycles. The second-order valence-electron chi connectivity index (χ2n) is 2.18. The smallest absolute Gasteiger partial charge is 0.253 e. The fourth-order valence-corrected chi connectivity index (χ4v) is 0.803. The van der Waals surface area contributed by atoms with E-state index < -0.39 is 0 Å². The summed E-state index contributed by atoms with van der Waals surface area (Å²) in [6.07, 6.45) is 1.78. The van der Waals surface area contributed by atoms with Crippen LogP contribution in [-0.4, -0.2) is 17.9 Å². The van der Waals surface area contributed by atoms with E-state index in [9.17, 15) is 4.79 Å². The van der Waals surface area contributed by atoms with Crippen molar-refractivity contribution < 1.29 is 4.79 Å². The van der Waals surface area contributed by atoms with Crippen LogP contribution in [0.4, 0.5) is 0 Å². The molecule has 1 aliphatic heterocycles. The van der Waals surface area contributed by atoms with Crippen LogP contribution >= 0.6 is 0 Å². The van der Waals surface area contributed by atoms with Crippen molar-refractivity contribution in [1.29, 1.82) is 0 Å². The highest BCUT2D eigenvalue weighted by molar-refractivity contribution is 5.97. The molecule has 0 aromatic heterocycles. The zero-order chi connectivity index (χ0) is 7.02. The van der Waals surface area contributed by atoms with Crippen LogP contribution in [0.2, 0.25) is 0 Å². The summed E-state index contributed by atoms with van der Waals surface area (Å²) in [6, 6.07) is 0. The van der Waals surface area contributed by atoms with Gasteiger partial charge in [0.15, 0.2) is 0 Å². The molecule has 0 aromatic carbocycles. The first-order valence-corrected chi connectivity index (χ1v) is 2.78. The summed E-state index contributed by atoms with van der Waals surface area (Å²) in [4.78, 5) is 12.4. The third-order valence-corrected chi connectivity index (χ3v) is 1.46. The molecule has 2 heteroatoms. The second-order valence-corrected chi connectivity index (χ2v) is 2.18. The van der Waals surface area contributed by atoms with E-state index >= 15 is 0 Å². The van der Waals surface area contributed by atoms with Crippen LogP contribution in [0.3, 0.4) is 0 Å². The Labute approximate surface area is 54.5 Å². The van der Waals surface area contributed by atoms with Crippen molar-refractivity contribution >= 4 is 5.91 Å². The molecule has 0 spiro atoms. The molecule has 1 amide bonds. The average molecular weight is 123 g/mol. The van der Waals surface area contributed by atoms with Crippen LogP contribution in [-0.2, 0) is 4.79 Å². The van der Waals surface area contributed by atoms with Crippen LogP contribution in [0.15, 0.2) is 23.9 Å². The third kappa shape index (κ3) is 0.762. The number of likely N-dealkylation sites (N-methyl/N-ethyl adjacent to an activating group) is 1. The van der Waals surface area contributed by atoms with E-state index in [0.717, 1.165) is 11.3 Å². The summed E-state index contributed by atoms with van der Waals surface area (Å²) < 4.78 is 0. The summed E-state index contributed by atoms with van der Waals surface area (Å²) in [7, 11) is 1.72. The number of hydrogen-bond acceptors (Lipinski definition) is 1. The second kappa shape index (κ2) is 1.72. The van der Waals surface area contributed by atoms with E-state index in [1.54, 1.807) is 20.0 Å². The van der Waals surface area contributed by atoms with E-state index in [0.29, 0.717) is 0 Å². The first kappa shape index (κ1) is 6.08. The molecule has 0 fully saturated rings. The number of nitrogens with zero attached hydrogens (tertiary/aromatic N) is 1. The zero-order valence-electron chi connectivity index (χ0n) is 5.64. The number of hydrogen-bond donors (Lipinski definition) is 0. The van der Waals surface area contributed by atoms with Crippen molar-refractivity contribution in [1.82, 2.24) is 4.90 Å². The van der Waals surface area contributed by atoms with E-state index in [1.807, 2.05) is 0 Å². The minimum absolute atomic E-state index is 0.0556. The maximum absolute atomic E-state index is 10.9. The Morgan fingerprint density at radius 2 is 2.22 bits per heavy atom. The van der Waals surface area contributed by atoms with Gasteiger partial charge in [0.1, 0.15) is 0 Å². The molecule has 1 heterocycles. The van der Waals surface area contributed by atoms with E-state index in [4.69, 9.17) is 0 Å². The fraction of sp³-hybridized carbons (Fsp3) is 0.286. The number of carbonyl (C=O) groups is 1. The van der Waals surface area contributed by atoms with Crippen LogP contribution in [0, 0.1) is 0 Å². The lowest BCUT2D eigenvalue weighted by Crippen LogP contribution is -2.18. The van der Waals surface area contributed by atoms with Gasteiger partial charge in [-0.3, -0.25) is 4.79 Å². The topological polar surface area (TPSA) is 20.3 Å². The zero-order valence-corrected chi connectivity index (χ0v) is 5.64. The summed E-state index contributed by atoms with van der Waals surface area (Å²) >= 11 is 0. The SMILES string of the molecule is C=C1C=C(C)C(=O)N1C. The molecule has 0 atom stereocenters. The van der Waals surface area contributed by atoms with E-state index in [2.05, 4.69) is 6.58 Å². The fourth-order valence-electron chi connectivity index (χ4n) is 0.803. The Morgan fingerprint density at radius 3 is 2.33 bits per heavy atom. The lowest BCUT2D eigenvalue weighted by Gasteiger charge is -2.08. The quantitative estimate of drug-likeness (QED) is 0.469. The number of rotatable bonds is 0. The van der Waals surface area contributed by atoms with E-state index in [-0.39, 0.29) is 5.91 Å². The molecular weight excluding hydrogens is 114 g/mol. The first-order valence-electron chi connectivity index (χ1n) is 2.78. The molecule has 0 bridgehead atoms. The van der Waals surface area contributed by atoms with Gasteiger partial charge in [-0.2, -0.15) is 0 Å². The average Bonchev–Trinajstić information content (AvgIpc) is 1.98. The Morgan fingerprint density at radius 1 is 1.67 bits per heavy atom. The Bertz CT molecular complexity index is 203. The van der Waals surface area contributed by atoms with Gasteiger partial charge in [-0.25, -0.2) is 0 Å². The number of amides is 1. The summed E-state index contributed by atoms with van der Waals surface area (Å²) in [5.74, 6) is 0.0556. The molecule has 1 rings (SSSR count). The molecule has 0 saturated carbocycles. The monoisotopic (exact) mass is 123 g/mol. The van der Waals surface area contributed by atoms with Gasteiger partial charge in [-0.05, 0) is 13.0 Å². The Kier molecular flexibility index (Phi) is 1.16. The normalized spacial score (nSPS) is 18.9. The largest absolute Gasteiger partial charge is 0.312 e. The Hall–Kier alpha value is -1.05. The van der Waals surface area contributed by atoms with Crippen molar-refractivity contribution in [2.24, 2.45) is 0 Å². The molecular formula is C7H9NO. The highest BCUT2D eigenvalue weighted by Crippen LogP contribution is 2.15. The minimum Gasteiger partial charge on any atom is -0.312 e. The predicted molar refractivity (Wildman–Crippen MR) is 35.7 cm³/mol. The third-order valence-electron chi connectivity index (χ3n) is 1.46. The van der Waals surface area contributed by atoms with Crippen molar-refractivity contribution in [2.45, 2.75) is 6.92 Å². The summed E-state index contributed by atoms with van der Waals surface area (Å²) in [5.41, 5.74) is 1.54. The lowest BCUT2D eigenvalue weighted by molar-refractivity contribution is -0.123. The molecule has 48 valence electrons. The lowest BCUT2D eigenvalue weighted by atomic mass is 10.3. The van der Waals surface area contributed by atoms with Crippen LogP contribution in [0.1, 0.15) is 6.92 Å². The molecule has 9 heavy (non-hydrogen) atoms. The number of allylic oxidation sites excluding steroid dienone is 1. The van der Waals surface area contributed by atoms with Crippen LogP contribution in [0.25, 0.3) is 0 Å². The number of carbonyl (C=O) groups excluding carboxylic acids is 1. The van der Waals surface area contributed by atoms with Crippen LogP contribution in [0.5, 0.6) is 0 Å². The standard InChI is InChI=1S/C7H9NO/c1-5-4-6(2)8(3)7(5)9/h4H,2H2,1,3H3. The molecule has 0 N–H and O–H groups in total. The van der Waals surface area contributed by atoms with Gasteiger partial charge in [0, 0.05) is 18.3 Å². The van der Waals surface area contributed by atoms with Crippen LogP contribution < -0.4 is 0 Å². The van der Waals surface area contributed by atoms with Gasteiger partial charge in [-0.1, -0.05) is 6.58 Å². The van der Waals surface area contributed by atoms with Crippen molar-refractivity contribution in [3.8, 4) is 0 Å². The van der Waals surface area contributed by atoms with Gasteiger partial charge < -0.3 is 4.90 Å². The van der Waals surface area contributed by atoms with Crippen molar-refractivity contribution in [3.63, 3.8) is 0 Å². The Balaban J connectivity index is 2.95. The molecule has 0 saturated heterocycles. The molecule has 1 aliphatic rings. The van der Waals surface area contributed by atoms with Gasteiger partial charge in [0.05, 0.1) is 0 Å². The van der Waals surface area contributed by atoms with Gasteiger partial charge in [-0.15, -0.1) is 0 Å². The van der Waals surface area contributed by atoms with Crippen molar-refractivity contribution in [2.75, 3.05) is 7.05 Å². The molecule has 0 unspecified atom stereocenters. The maximum Gasteiger partial charge on any atom is 0.253 e. The predicted octanol–water partition coefficient (Wildman–Crippen LogP) is 0.918. The maximum atomic E-state index is 10.9. The minimum atomic E-state index is 0.0556. The van der Waals surface area contributed by atoms with Gasteiger partial charge in [0.2, 0.25) is 0 Å². The summed E-state index contributed by atoms with van der Waals surface area (Å²) in [5, 5.41) is 0. The summed E-state index contributed by atoms with van der Waals surface area (Å²) in [6.45, 7) is 5.45.